The van der Waals surface area contributed by atoms with E-state index in [0.29, 0.717) is 11.8 Å². The van der Waals surface area contributed by atoms with Crippen molar-refractivity contribution in [2.75, 3.05) is 13.1 Å². The van der Waals surface area contributed by atoms with Gasteiger partial charge in [-0.2, -0.15) is 0 Å². The summed E-state index contributed by atoms with van der Waals surface area (Å²) in [5, 5.41) is 0.413. The summed E-state index contributed by atoms with van der Waals surface area (Å²) in [7, 11) is 0. The molecule has 1 aliphatic heterocycles. The first-order valence-corrected chi connectivity index (χ1v) is 8.24. The summed E-state index contributed by atoms with van der Waals surface area (Å²) >= 11 is 1.39. The van der Waals surface area contributed by atoms with Crippen LogP contribution in [-0.2, 0) is 11.3 Å². The zero-order valence-corrected chi connectivity index (χ0v) is 14.1. The lowest BCUT2D eigenvalue weighted by Crippen LogP contribution is -2.37. The molecule has 0 aliphatic carbocycles. The van der Waals surface area contributed by atoms with Crippen LogP contribution in [0.25, 0.3) is 0 Å². The van der Waals surface area contributed by atoms with E-state index in [4.69, 9.17) is 9.47 Å². The van der Waals surface area contributed by atoms with E-state index >= 15 is 0 Å². The van der Waals surface area contributed by atoms with Crippen molar-refractivity contribution in [3.8, 4) is 5.19 Å². The van der Waals surface area contributed by atoms with Gasteiger partial charge in [0.2, 0.25) is 0 Å². The van der Waals surface area contributed by atoms with Gasteiger partial charge in [-0.15, -0.1) is 0 Å². The fraction of sp³-hybridized carbons (Fsp3) is 0.733. The SMILES string of the molecule is Cc1nc(OC(=O)N2CCCCC2)sc1COC(C)(C)C. The van der Waals surface area contributed by atoms with E-state index in [1.165, 1.54) is 17.8 Å². The van der Waals surface area contributed by atoms with Gasteiger partial charge in [-0.3, -0.25) is 0 Å². The van der Waals surface area contributed by atoms with E-state index in [2.05, 4.69) is 4.98 Å². The molecule has 1 saturated heterocycles. The second kappa shape index (κ2) is 6.75. The fourth-order valence-corrected chi connectivity index (χ4v) is 2.89. The maximum atomic E-state index is 12.0. The molecule has 2 heterocycles. The number of aryl methyl sites for hydroxylation is 1. The van der Waals surface area contributed by atoms with E-state index < -0.39 is 0 Å². The fourth-order valence-electron chi connectivity index (χ4n) is 2.08. The van der Waals surface area contributed by atoms with Crippen LogP contribution in [-0.4, -0.2) is 34.7 Å². The molecule has 0 radical (unpaired) electrons. The highest BCUT2D eigenvalue weighted by Gasteiger charge is 2.21. The highest BCUT2D eigenvalue weighted by atomic mass is 32.1. The third kappa shape index (κ3) is 4.97. The molecule has 1 aliphatic rings. The van der Waals surface area contributed by atoms with Gasteiger partial charge in [-0.1, -0.05) is 11.3 Å². The van der Waals surface area contributed by atoms with E-state index in [-0.39, 0.29) is 11.7 Å². The predicted octanol–water partition coefficient (Wildman–Crippen LogP) is 3.75. The summed E-state index contributed by atoms with van der Waals surface area (Å²) < 4.78 is 11.1. The minimum absolute atomic E-state index is 0.193. The quantitative estimate of drug-likeness (QED) is 0.853. The van der Waals surface area contributed by atoms with Crippen LogP contribution >= 0.6 is 11.3 Å². The van der Waals surface area contributed by atoms with E-state index in [0.717, 1.165) is 36.5 Å². The van der Waals surface area contributed by atoms with Crippen molar-refractivity contribution in [1.29, 1.82) is 0 Å². The number of carbonyl (C=O) groups is 1. The molecule has 2 rings (SSSR count). The van der Waals surface area contributed by atoms with Gasteiger partial charge in [0.15, 0.2) is 0 Å². The van der Waals surface area contributed by atoms with Crippen LogP contribution in [0, 0.1) is 6.92 Å². The lowest BCUT2D eigenvalue weighted by atomic mass is 10.1. The lowest BCUT2D eigenvalue weighted by Gasteiger charge is -2.24. The topological polar surface area (TPSA) is 51.7 Å². The van der Waals surface area contributed by atoms with Crippen LogP contribution in [0.15, 0.2) is 0 Å². The zero-order chi connectivity index (χ0) is 15.5. The molecule has 0 atom stereocenters. The Morgan fingerprint density at radius 3 is 2.57 bits per heavy atom. The lowest BCUT2D eigenvalue weighted by molar-refractivity contribution is -0.0139. The average molecular weight is 312 g/mol. The molecular weight excluding hydrogens is 288 g/mol. The molecule has 1 aromatic rings. The number of thiazole rings is 1. The molecule has 0 aromatic carbocycles. The maximum absolute atomic E-state index is 12.0. The molecule has 0 unspecified atom stereocenters. The Balaban J connectivity index is 1.93. The summed E-state index contributed by atoms with van der Waals surface area (Å²) in [5.41, 5.74) is 0.673. The molecule has 6 heteroatoms. The smallest absolute Gasteiger partial charge is 0.381 e. The van der Waals surface area contributed by atoms with Crippen LogP contribution in [0.2, 0.25) is 0 Å². The van der Waals surface area contributed by atoms with Crippen molar-refractivity contribution >= 4 is 17.4 Å². The van der Waals surface area contributed by atoms with Crippen LogP contribution < -0.4 is 4.74 Å². The second-order valence-corrected chi connectivity index (χ2v) is 7.35. The Labute approximate surface area is 130 Å². The number of rotatable bonds is 3. The molecule has 0 N–H and O–H groups in total. The number of piperidine rings is 1. The molecule has 21 heavy (non-hydrogen) atoms. The van der Waals surface area contributed by atoms with E-state index in [1.807, 2.05) is 27.7 Å². The monoisotopic (exact) mass is 312 g/mol. The molecule has 1 fully saturated rings. The number of nitrogens with zero attached hydrogens (tertiary/aromatic N) is 2. The third-order valence-corrected chi connectivity index (χ3v) is 4.31. The molecule has 0 saturated carbocycles. The molecule has 0 spiro atoms. The first-order valence-electron chi connectivity index (χ1n) is 7.42. The zero-order valence-electron chi connectivity index (χ0n) is 13.3. The van der Waals surface area contributed by atoms with Crippen molar-refractivity contribution in [3.63, 3.8) is 0 Å². The van der Waals surface area contributed by atoms with Gasteiger partial charge in [0.05, 0.1) is 22.8 Å². The largest absolute Gasteiger partial charge is 0.417 e. The third-order valence-electron chi connectivity index (χ3n) is 3.30. The van der Waals surface area contributed by atoms with E-state index in [1.54, 1.807) is 4.90 Å². The van der Waals surface area contributed by atoms with Crippen molar-refractivity contribution < 1.29 is 14.3 Å². The van der Waals surface area contributed by atoms with Gasteiger partial charge in [-0.05, 0) is 47.0 Å². The van der Waals surface area contributed by atoms with Crippen LogP contribution in [0.5, 0.6) is 5.19 Å². The molecule has 0 bridgehead atoms. The highest BCUT2D eigenvalue weighted by Crippen LogP contribution is 2.27. The number of hydrogen-bond acceptors (Lipinski definition) is 5. The predicted molar refractivity (Wildman–Crippen MR) is 82.8 cm³/mol. The maximum Gasteiger partial charge on any atom is 0.417 e. The van der Waals surface area contributed by atoms with Crippen LogP contribution in [0.4, 0.5) is 4.79 Å². The Morgan fingerprint density at radius 1 is 1.29 bits per heavy atom. The van der Waals surface area contributed by atoms with Crippen molar-refractivity contribution in [2.45, 2.75) is 59.2 Å². The van der Waals surface area contributed by atoms with Crippen molar-refractivity contribution in [3.05, 3.63) is 10.6 Å². The van der Waals surface area contributed by atoms with Gasteiger partial charge in [0.25, 0.3) is 5.19 Å². The van der Waals surface area contributed by atoms with Gasteiger partial charge >= 0.3 is 6.09 Å². The first-order chi connectivity index (χ1) is 9.85. The van der Waals surface area contributed by atoms with Gasteiger partial charge in [0.1, 0.15) is 0 Å². The normalized spacial score (nSPS) is 16.1. The van der Waals surface area contributed by atoms with Gasteiger partial charge in [-0.25, -0.2) is 9.78 Å². The summed E-state index contributed by atoms with van der Waals surface area (Å²) in [6.07, 6.45) is 3.01. The van der Waals surface area contributed by atoms with Crippen LogP contribution in [0.3, 0.4) is 0 Å². The number of carbonyl (C=O) groups excluding carboxylic acids is 1. The minimum atomic E-state index is -0.285. The number of amides is 1. The molecule has 1 amide bonds. The molecule has 1 aromatic heterocycles. The molecule has 118 valence electrons. The standard InChI is InChI=1S/C15H24N2O3S/c1-11-12(10-19-15(2,3)4)21-13(16-11)20-14(18)17-8-6-5-7-9-17/h5-10H2,1-4H3. The Bertz CT molecular complexity index is 488. The summed E-state index contributed by atoms with van der Waals surface area (Å²) in [5.74, 6) is 0. The minimum Gasteiger partial charge on any atom is -0.381 e. The Kier molecular flexibility index (Phi) is 5.22. The Morgan fingerprint density at radius 2 is 1.95 bits per heavy atom. The van der Waals surface area contributed by atoms with Crippen LogP contribution in [0.1, 0.15) is 50.6 Å². The van der Waals surface area contributed by atoms with Crippen molar-refractivity contribution in [1.82, 2.24) is 9.88 Å². The first kappa shape index (κ1) is 16.2. The van der Waals surface area contributed by atoms with E-state index in [9.17, 15) is 4.79 Å². The second-order valence-electron chi connectivity index (χ2n) is 6.31. The van der Waals surface area contributed by atoms with Gasteiger partial charge in [0, 0.05) is 13.1 Å². The number of ether oxygens (including phenoxy) is 2. The number of aromatic nitrogens is 1. The van der Waals surface area contributed by atoms with Crippen molar-refractivity contribution in [2.24, 2.45) is 0 Å². The number of hydrogen-bond donors (Lipinski definition) is 0. The van der Waals surface area contributed by atoms with Gasteiger partial charge < -0.3 is 14.4 Å². The summed E-state index contributed by atoms with van der Waals surface area (Å²) in [4.78, 5) is 19.1. The molecule has 5 nitrogen and oxygen atoms in total. The average Bonchev–Trinajstić information content (AvgIpc) is 2.77. The summed E-state index contributed by atoms with van der Waals surface area (Å²) in [6, 6.07) is 0. The number of likely N-dealkylation sites (tertiary alicyclic amines) is 1. The molecular formula is C15H24N2O3S. The highest BCUT2D eigenvalue weighted by molar-refractivity contribution is 7.13. The summed E-state index contributed by atoms with van der Waals surface area (Å²) in [6.45, 7) is 10.0. The Hall–Kier alpha value is -1.14.